The van der Waals surface area contributed by atoms with Crippen LogP contribution in [0, 0.1) is 6.92 Å². The molecule has 0 spiro atoms. The summed E-state index contributed by atoms with van der Waals surface area (Å²) in [6.45, 7) is 2.06. The Kier molecular flexibility index (Phi) is 4.38. The minimum Gasteiger partial charge on any atom is -0.324 e. The van der Waals surface area contributed by atoms with E-state index in [2.05, 4.69) is 46.0 Å². The molecule has 18 heavy (non-hydrogen) atoms. The van der Waals surface area contributed by atoms with Gasteiger partial charge in [-0.3, -0.25) is 4.98 Å². The molecule has 0 saturated heterocycles. The number of rotatable bonds is 3. The second-order valence-corrected chi connectivity index (χ2v) is 5.56. The van der Waals surface area contributed by atoms with Crippen molar-refractivity contribution >= 4 is 27.5 Å². The Bertz CT molecular complexity index is 557. The van der Waals surface area contributed by atoms with Crippen molar-refractivity contribution in [2.75, 3.05) is 0 Å². The SMILES string of the molecule is Cc1ccc(C(N)Cc2ccncc2Cl)c(Br)c1. The van der Waals surface area contributed by atoms with Gasteiger partial charge >= 0.3 is 0 Å². The Morgan fingerprint density at radius 2 is 2.17 bits per heavy atom. The second-order valence-electron chi connectivity index (χ2n) is 4.30. The molecule has 0 aliphatic heterocycles. The maximum absolute atomic E-state index is 6.24. The minimum atomic E-state index is -0.0834. The maximum atomic E-state index is 6.24. The third-order valence-corrected chi connectivity index (χ3v) is 3.88. The van der Waals surface area contributed by atoms with E-state index in [4.69, 9.17) is 17.3 Å². The van der Waals surface area contributed by atoms with E-state index in [1.807, 2.05) is 6.07 Å². The van der Waals surface area contributed by atoms with Crippen LogP contribution >= 0.6 is 27.5 Å². The number of hydrogen-bond donors (Lipinski definition) is 1. The molecule has 0 aliphatic rings. The van der Waals surface area contributed by atoms with E-state index in [-0.39, 0.29) is 6.04 Å². The lowest BCUT2D eigenvalue weighted by Crippen LogP contribution is -2.14. The predicted octanol–water partition coefficient (Wildman–Crippen LogP) is 4.05. The van der Waals surface area contributed by atoms with Crippen LogP contribution in [0.4, 0.5) is 0 Å². The largest absolute Gasteiger partial charge is 0.324 e. The van der Waals surface area contributed by atoms with E-state index >= 15 is 0 Å². The van der Waals surface area contributed by atoms with Gasteiger partial charge in [0.2, 0.25) is 0 Å². The highest BCUT2D eigenvalue weighted by molar-refractivity contribution is 9.10. The smallest absolute Gasteiger partial charge is 0.0622 e. The van der Waals surface area contributed by atoms with Crippen LogP contribution in [0.3, 0.4) is 0 Å². The second kappa shape index (κ2) is 5.83. The zero-order chi connectivity index (χ0) is 13.1. The van der Waals surface area contributed by atoms with Gasteiger partial charge in [0.15, 0.2) is 0 Å². The van der Waals surface area contributed by atoms with Gasteiger partial charge in [-0.25, -0.2) is 0 Å². The molecule has 1 heterocycles. The molecule has 0 bridgehead atoms. The normalized spacial score (nSPS) is 12.4. The van der Waals surface area contributed by atoms with Crippen molar-refractivity contribution in [2.24, 2.45) is 5.73 Å². The Hall–Kier alpha value is -0.900. The summed E-state index contributed by atoms with van der Waals surface area (Å²) < 4.78 is 1.04. The maximum Gasteiger partial charge on any atom is 0.0622 e. The van der Waals surface area contributed by atoms with E-state index in [0.717, 1.165) is 15.6 Å². The first kappa shape index (κ1) is 13.5. The van der Waals surface area contributed by atoms with Gasteiger partial charge in [-0.05, 0) is 42.2 Å². The number of halogens is 2. The van der Waals surface area contributed by atoms with Crippen LogP contribution in [0.2, 0.25) is 5.02 Å². The van der Waals surface area contributed by atoms with Crippen LogP contribution in [0.5, 0.6) is 0 Å². The molecule has 1 atom stereocenters. The molecule has 2 rings (SSSR count). The van der Waals surface area contributed by atoms with Crippen molar-refractivity contribution in [1.29, 1.82) is 0 Å². The summed E-state index contributed by atoms with van der Waals surface area (Å²) in [4.78, 5) is 3.97. The highest BCUT2D eigenvalue weighted by Gasteiger charge is 2.12. The summed E-state index contributed by atoms with van der Waals surface area (Å²) in [6, 6.07) is 8.01. The summed E-state index contributed by atoms with van der Waals surface area (Å²) in [5.74, 6) is 0. The zero-order valence-corrected chi connectivity index (χ0v) is 12.4. The molecule has 94 valence electrons. The Labute approximate surface area is 120 Å². The van der Waals surface area contributed by atoms with Crippen LogP contribution in [0.15, 0.2) is 41.1 Å². The molecule has 0 radical (unpaired) electrons. The fourth-order valence-corrected chi connectivity index (χ4v) is 2.83. The minimum absolute atomic E-state index is 0.0834. The van der Waals surface area contributed by atoms with Gasteiger partial charge in [0, 0.05) is 22.9 Å². The van der Waals surface area contributed by atoms with Gasteiger partial charge in [-0.15, -0.1) is 0 Å². The van der Waals surface area contributed by atoms with Crippen molar-refractivity contribution in [3.05, 3.63) is 62.8 Å². The van der Waals surface area contributed by atoms with Gasteiger partial charge in [0.05, 0.1) is 5.02 Å². The molecule has 4 heteroatoms. The molecule has 1 unspecified atom stereocenters. The first-order valence-corrected chi connectivity index (χ1v) is 6.85. The van der Waals surface area contributed by atoms with Crippen molar-refractivity contribution in [3.63, 3.8) is 0 Å². The van der Waals surface area contributed by atoms with Crippen molar-refractivity contribution in [3.8, 4) is 0 Å². The molecule has 0 amide bonds. The summed E-state index contributed by atoms with van der Waals surface area (Å²) >= 11 is 9.65. The summed E-state index contributed by atoms with van der Waals surface area (Å²) in [7, 11) is 0. The standard InChI is InChI=1S/C14H14BrClN2/c1-9-2-3-11(12(15)6-9)14(17)7-10-4-5-18-8-13(10)16/h2-6,8,14H,7,17H2,1H3. The van der Waals surface area contributed by atoms with Crippen LogP contribution in [-0.2, 0) is 6.42 Å². The number of hydrogen-bond acceptors (Lipinski definition) is 2. The first-order chi connectivity index (χ1) is 8.58. The molecule has 1 aromatic heterocycles. The van der Waals surface area contributed by atoms with Crippen LogP contribution in [0.1, 0.15) is 22.7 Å². The predicted molar refractivity (Wildman–Crippen MR) is 78.8 cm³/mol. The average molecular weight is 326 g/mol. The number of pyridine rings is 1. The van der Waals surface area contributed by atoms with Crippen LogP contribution in [-0.4, -0.2) is 4.98 Å². The zero-order valence-electron chi connectivity index (χ0n) is 10.0. The van der Waals surface area contributed by atoms with E-state index in [1.54, 1.807) is 12.4 Å². The molecule has 0 fully saturated rings. The van der Waals surface area contributed by atoms with Gasteiger partial charge in [0.25, 0.3) is 0 Å². The molecule has 2 N–H and O–H groups in total. The average Bonchev–Trinajstić information content (AvgIpc) is 2.32. The quantitative estimate of drug-likeness (QED) is 0.924. The fourth-order valence-electron chi connectivity index (χ4n) is 1.85. The highest BCUT2D eigenvalue weighted by atomic mass is 79.9. The van der Waals surface area contributed by atoms with Crippen molar-refractivity contribution < 1.29 is 0 Å². The van der Waals surface area contributed by atoms with Gasteiger partial charge in [-0.1, -0.05) is 39.7 Å². The van der Waals surface area contributed by atoms with Crippen molar-refractivity contribution in [2.45, 2.75) is 19.4 Å². The number of aryl methyl sites for hydroxylation is 1. The van der Waals surface area contributed by atoms with E-state index in [0.29, 0.717) is 11.4 Å². The molecular weight excluding hydrogens is 312 g/mol. The van der Waals surface area contributed by atoms with Crippen LogP contribution < -0.4 is 5.73 Å². The molecule has 2 aromatic rings. The van der Waals surface area contributed by atoms with Gasteiger partial charge in [-0.2, -0.15) is 0 Å². The Morgan fingerprint density at radius 1 is 1.39 bits per heavy atom. The molecule has 0 aliphatic carbocycles. The topological polar surface area (TPSA) is 38.9 Å². The van der Waals surface area contributed by atoms with E-state index in [9.17, 15) is 0 Å². The molecule has 0 saturated carbocycles. The first-order valence-electron chi connectivity index (χ1n) is 5.68. The lowest BCUT2D eigenvalue weighted by atomic mass is 9.99. The Balaban J connectivity index is 2.22. The molecule has 1 aromatic carbocycles. The lowest BCUT2D eigenvalue weighted by molar-refractivity contribution is 0.717. The third kappa shape index (κ3) is 3.10. The van der Waals surface area contributed by atoms with Crippen LogP contribution in [0.25, 0.3) is 0 Å². The van der Waals surface area contributed by atoms with E-state index in [1.165, 1.54) is 5.56 Å². The Morgan fingerprint density at radius 3 is 2.83 bits per heavy atom. The monoisotopic (exact) mass is 324 g/mol. The summed E-state index contributed by atoms with van der Waals surface area (Å²) in [5.41, 5.74) is 9.56. The number of nitrogens with zero attached hydrogens (tertiary/aromatic N) is 1. The van der Waals surface area contributed by atoms with Gasteiger partial charge in [0.1, 0.15) is 0 Å². The van der Waals surface area contributed by atoms with E-state index < -0.39 is 0 Å². The highest BCUT2D eigenvalue weighted by Crippen LogP contribution is 2.27. The number of aromatic nitrogens is 1. The lowest BCUT2D eigenvalue weighted by Gasteiger charge is -2.15. The van der Waals surface area contributed by atoms with Crippen molar-refractivity contribution in [1.82, 2.24) is 4.98 Å². The summed E-state index contributed by atoms with van der Waals surface area (Å²) in [5, 5.41) is 0.663. The molecule has 2 nitrogen and oxygen atoms in total. The molecular formula is C14H14BrClN2. The van der Waals surface area contributed by atoms with Gasteiger partial charge < -0.3 is 5.73 Å². The number of nitrogens with two attached hydrogens (primary N) is 1. The number of benzene rings is 1. The third-order valence-electron chi connectivity index (χ3n) is 2.85. The summed E-state index contributed by atoms with van der Waals surface area (Å²) in [6.07, 6.45) is 4.08. The fraction of sp³-hybridized carbons (Fsp3) is 0.214.